The van der Waals surface area contributed by atoms with Crippen LogP contribution < -0.4 is 5.32 Å². The lowest BCUT2D eigenvalue weighted by atomic mass is 9.80. The second kappa shape index (κ2) is 5.81. The fourth-order valence-electron chi connectivity index (χ4n) is 2.66. The molecular formula is C14H24ClN3O. The highest BCUT2D eigenvalue weighted by Crippen LogP contribution is 2.35. The molecule has 2 heterocycles. The molecule has 19 heavy (non-hydrogen) atoms. The quantitative estimate of drug-likeness (QED) is 0.902. The molecule has 1 unspecified atom stereocenters. The van der Waals surface area contributed by atoms with E-state index >= 15 is 0 Å². The second-order valence-electron chi connectivity index (χ2n) is 5.99. The third kappa shape index (κ3) is 3.30. The number of ether oxygens (including phenoxy) is 1. The molecule has 2 rings (SSSR count). The zero-order valence-electron chi connectivity index (χ0n) is 12.3. The average Bonchev–Trinajstić information content (AvgIpc) is 2.89. The summed E-state index contributed by atoms with van der Waals surface area (Å²) in [6.07, 6.45) is 2.02. The Morgan fingerprint density at radius 3 is 2.74 bits per heavy atom. The first-order valence-corrected chi connectivity index (χ1v) is 7.30. The van der Waals surface area contributed by atoms with E-state index in [0.717, 1.165) is 43.4 Å². The zero-order valence-corrected chi connectivity index (χ0v) is 13.0. The van der Waals surface area contributed by atoms with Crippen molar-refractivity contribution in [2.24, 2.45) is 12.5 Å². The number of nitrogens with zero attached hydrogens (tertiary/aromatic N) is 2. The minimum absolute atomic E-state index is 0.154. The van der Waals surface area contributed by atoms with Crippen molar-refractivity contribution in [3.05, 3.63) is 16.4 Å². The van der Waals surface area contributed by atoms with Crippen LogP contribution in [-0.2, 0) is 18.2 Å². The number of rotatable bonds is 5. The Morgan fingerprint density at radius 1 is 1.53 bits per heavy atom. The van der Waals surface area contributed by atoms with E-state index < -0.39 is 0 Å². The van der Waals surface area contributed by atoms with Crippen LogP contribution in [0.4, 0.5) is 0 Å². The molecule has 1 aromatic rings. The van der Waals surface area contributed by atoms with Crippen molar-refractivity contribution in [1.82, 2.24) is 15.1 Å². The highest BCUT2D eigenvalue weighted by molar-refractivity contribution is 6.30. The molecule has 1 saturated heterocycles. The molecule has 0 amide bonds. The van der Waals surface area contributed by atoms with Gasteiger partial charge in [0.2, 0.25) is 0 Å². The van der Waals surface area contributed by atoms with Gasteiger partial charge in [0, 0.05) is 37.2 Å². The lowest BCUT2D eigenvalue weighted by molar-refractivity contribution is 0.148. The summed E-state index contributed by atoms with van der Waals surface area (Å²) in [5.41, 5.74) is 2.35. The van der Waals surface area contributed by atoms with Crippen LogP contribution in [-0.4, -0.2) is 35.6 Å². The van der Waals surface area contributed by atoms with Gasteiger partial charge >= 0.3 is 0 Å². The standard InChI is InChI=1S/C14H24ClN3O/c1-10(2)16-8-14(5-6-19-9-14)7-12-11(3)17-18(4)13(12)15/h10,16H,5-9H2,1-4H3. The lowest BCUT2D eigenvalue weighted by Gasteiger charge is -2.29. The van der Waals surface area contributed by atoms with E-state index in [1.807, 2.05) is 14.0 Å². The predicted octanol–water partition coefficient (Wildman–Crippen LogP) is 2.33. The van der Waals surface area contributed by atoms with Gasteiger partial charge in [-0.05, 0) is 19.8 Å². The van der Waals surface area contributed by atoms with Crippen LogP contribution in [0.1, 0.15) is 31.5 Å². The van der Waals surface area contributed by atoms with Crippen molar-refractivity contribution in [3.63, 3.8) is 0 Å². The summed E-state index contributed by atoms with van der Waals surface area (Å²) in [5, 5.41) is 8.70. The van der Waals surface area contributed by atoms with Gasteiger partial charge in [-0.15, -0.1) is 0 Å². The number of nitrogens with one attached hydrogen (secondary N) is 1. The first-order valence-electron chi connectivity index (χ1n) is 6.93. The maximum Gasteiger partial charge on any atom is 0.130 e. The molecule has 0 radical (unpaired) electrons. The van der Waals surface area contributed by atoms with Crippen molar-refractivity contribution in [2.75, 3.05) is 19.8 Å². The molecule has 0 saturated carbocycles. The van der Waals surface area contributed by atoms with Gasteiger partial charge in [0.05, 0.1) is 12.3 Å². The number of aryl methyl sites for hydroxylation is 2. The monoisotopic (exact) mass is 285 g/mol. The van der Waals surface area contributed by atoms with Crippen LogP contribution in [0.3, 0.4) is 0 Å². The van der Waals surface area contributed by atoms with E-state index in [-0.39, 0.29) is 5.41 Å². The molecule has 0 spiro atoms. The SMILES string of the molecule is Cc1nn(C)c(Cl)c1CC1(CNC(C)C)CCOC1. The van der Waals surface area contributed by atoms with Gasteiger partial charge in [-0.1, -0.05) is 25.4 Å². The summed E-state index contributed by atoms with van der Waals surface area (Å²) < 4.78 is 7.40. The topological polar surface area (TPSA) is 39.1 Å². The maximum atomic E-state index is 6.36. The Labute approximate surface area is 120 Å². The van der Waals surface area contributed by atoms with Crippen LogP contribution in [0.25, 0.3) is 0 Å². The minimum atomic E-state index is 0.154. The molecule has 1 fully saturated rings. The van der Waals surface area contributed by atoms with E-state index in [4.69, 9.17) is 16.3 Å². The summed E-state index contributed by atoms with van der Waals surface area (Å²) >= 11 is 6.36. The van der Waals surface area contributed by atoms with E-state index in [9.17, 15) is 0 Å². The fraction of sp³-hybridized carbons (Fsp3) is 0.786. The number of halogens is 1. The van der Waals surface area contributed by atoms with Gasteiger partial charge in [-0.25, -0.2) is 0 Å². The number of hydrogen-bond donors (Lipinski definition) is 1. The third-order valence-corrected chi connectivity index (χ3v) is 4.36. The predicted molar refractivity (Wildman–Crippen MR) is 77.7 cm³/mol. The molecule has 1 aliphatic heterocycles. The smallest absolute Gasteiger partial charge is 0.130 e. The number of aromatic nitrogens is 2. The van der Waals surface area contributed by atoms with Gasteiger partial charge in [0.1, 0.15) is 5.15 Å². The average molecular weight is 286 g/mol. The van der Waals surface area contributed by atoms with Crippen LogP contribution in [0.15, 0.2) is 0 Å². The Hall–Kier alpha value is -0.580. The van der Waals surface area contributed by atoms with Gasteiger partial charge in [0.25, 0.3) is 0 Å². The highest BCUT2D eigenvalue weighted by atomic mass is 35.5. The Bertz CT molecular complexity index is 436. The molecule has 0 bridgehead atoms. The van der Waals surface area contributed by atoms with Gasteiger partial charge in [-0.3, -0.25) is 4.68 Å². The molecule has 1 atom stereocenters. The van der Waals surface area contributed by atoms with E-state index in [1.165, 1.54) is 5.56 Å². The van der Waals surface area contributed by atoms with Gasteiger partial charge in [0.15, 0.2) is 0 Å². The summed E-state index contributed by atoms with van der Waals surface area (Å²) in [5.74, 6) is 0. The zero-order chi connectivity index (χ0) is 14.0. The van der Waals surface area contributed by atoms with Crippen molar-refractivity contribution < 1.29 is 4.74 Å². The van der Waals surface area contributed by atoms with E-state index in [1.54, 1.807) is 4.68 Å². The maximum absolute atomic E-state index is 6.36. The molecule has 0 aromatic carbocycles. The summed E-state index contributed by atoms with van der Waals surface area (Å²) in [6, 6.07) is 0.489. The largest absolute Gasteiger partial charge is 0.381 e. The fourth-order valence-corrected chi connectivity index (χ4v) is 2.90. The molecule has 1 aromatic heterocycles. The normalized spacial score (nSPS) is 23.5. The molecule has 0 aliphatic carbocycles. The van der Waals surface area contributed by atoms with Crippen molar-refractivity contribution in [2.45, 2.75) is 39.7 Å². The molecule has 1 N–H and O–H groups in total. The van der Waals surface area contributed by atoms with Crippen molar-refractivity contribution >= 4 is 11.6 Å². The Kier molecular flexibility index (Phi) is 4.54. The van der Waals surface area contributed by atoms with Crippen LogP contribution >= 0.6 is 11.6 Å². The van der Waals surface area contributed by atoms with E-state index in [0.29, 0.717) is 6.04 Å². The molecule has 1 aliphatic rings. The van der Waals surface area contributed by atoms with Crippen LogP contribution in [0.5, 0.6) is 0 Å². The summed E-state index contributed by atoms with van der Waals surface area (Å²) in [7, 11) is 1.89. The molecule has 4 nitrogen and oxygen atoms in total. The minimum Gasteiger partial charge on any atom is -0.381 e. The van der Waals surface area contributed by atoms with Crippen LogP contribution in [0.2, 0.25) is 5.15 Å². The summed E-state index contributed by atoms with van der Waals surface area (Å²) in [6.45, 7) is 8.99. The van der Waals surface area contributed by atoms with Gasteiger partial charge < -0.3 is 10.1 Å². The number of hydrogen-bond acceptors (Lipinski definition) is 3. The summed E-state index contributed by atoms with van der Waals surface area (Å²) in [4.78, 5) is 0. The second-order valence-corrected chi connectivity index (χ2v) is 6.35. The van der Waals surface area contributed by atoms with Crippen molar-refractivity contribution in [1.29, 1.82) is 0 Å². The Morgan fingerprint density at radius 2 is 2.26 bits per heavy atom. The highest BCUT2D eigenvalue weighted by Gasteiger charge is 2.36. The molecular weight excluding hydrogens is 262 g/mol. The molecule has 5 heteroatoms. The third-order valence-electron chi connectivity index (χ3n) is 3.89. The first-order chi connectivity index (χ1) is 8.93. The van der Waals surface area contributed by atoms with Crippen molar-refractivity contribution in [3.8, 4) is 0 Å². The first kappa shape index (κ1) is 14.8. The lowest BCUT2D eigenvalue weighted by Crippen LogP contribution is -2.39. The Balaban J connectivity index is 2.16. The molecule has 108 valence electrons. The van der Waals surface area contributed by atoms with Gasteiger partial charge in [-0.2, -0.15) is 5.10 Å². The van der Waals surface area contributed by atoms with Crippen LogP contribution in [0, 0.1) is 12.3 Å². The van der Waals surface area contributed by atoms with E-state index in [2.05, 4.69) is 24.3 Å².